The van der Waals surface area contributed by atoms with Crippen molar-refractivity contribution < 1.29 is 22.9 Å². The van der Waals surface area contributed by atoms with Crippen molar-refractivity contribution >= 4 is 24.5 Å². The van der Waals surface area contributed by atoms with Crippen LogP contribution in [0.4, 0.5) is 0 Å². The number of rotatable bonds is 11. The van der Waals surface area contributed by atoms with Gasteiger partial charge in [0.25, 0.3) is 0 Å². The Balaban J connectivity index is 1.58. The number of nitrogens with zero attached hydrogens (tertiary/aromatic N) is 1. The highest BCUT2D eigenvalue weighted by Crippen LogP contribution is 2.53. The van der Waals surface area contributed by atoms with Crippen molar-refractivity contribution in [3.8, 4) is 17.2 Å². The molecule has 0 amide bonds. The number of ether oxygens (including phenoxy) is 1. The molecule has 2 unspecified atom stereocenters. The maximum atomic E-state index is 14.4. The van der Waals surface area contributed by atoms with Crippen LogP contribution in [0.2, 0.25) is 0 Å². The fourth-order valence-corrected chi connectivity index (χ4v) is 6.11. The lowest BCUT2D eigenvalue weighted by Gasteiger charge is -2.29. The van der Waals surface area contributed by atoms with Crippen LogP contribution in [0, 0.1) is 11.8 Å². The lowest BCUT2D eigenvalue weighted by atomic mass is 9.84. The molecule has 7 nitrogen and oxygen atoms in total. The Morgan fingerprint density at radius 2 is 1.70 bits per heavy atom. The first-order valence-corrected chi connectivity index (χ1v) is 14.8. The van der Waals surface area contributed by atoms with Crippen molar-refractivity contribution in [3.05, 3.63) is 115 Å². The lowest BCUT2D eigenvalue weighted by molar-refractivity contribution is 0.281. The molecule has 1 fully saturated rings. The molecule has 0 spiro atoms. The molecule has 206 valence electrons. The summed E-state index contributed by atoms with van der Waals surface area (Å²) in [6, 6.07) is 25.2. The maximum absolute atomic E-state index is 14.4. The van der Waals surface area contributed by atoms with Crippen molar-refractivity contribution in [2.45, 2.75) is 12.8 Å². The molecule has 1 N–H and O–H groups in total. The van der Waals surface area contributed by atoms with E-state index in [0.29, 0.717) is 46.8 Å². The number of hydrogen-bond acceptors (Lipinski definition) is 7. The number of allylic oxidation sites excluding steroid dienone is 1. The first-order valence-electron chi connectivity index (χ1n) is 13.3. The van der Waals surface area contributed by atoms with E-state index in [0.717, 1.165) is 30.4 Å². The van der Waals surface area contributed by atoms with Gasteiger partial charge in [0.2, 0.25) is 0 Å². The monoisotopic (exact) mass is 556 g/mol. The van der Waals surface area contributed by atoms with Crippen molar-refractivity contribution in [3.63, 3.8) is 0 Å². The number of methoxy groups -OCH3 is 1. The maximum Gasteiger partial charge on any atom is 0.647 e. The number of piperidine rings is 1. The second-order valence-electron chi connectivity index (χ2n) is 9.55. The predicted octanol–water partition coefficient (Wildman–Crippen LogP) is 7.67. The largest absolute Gasteiger partial charge is 0.647 e. The molecule has 0 radical (unpaired) electrons. The average molecular weight is 557 g/mol. The number of hydrogen-bond donors (Lipinski definition) is 1. The summed E-state index contributed by atoms with van der Waals surface area (Å²) in [5.74, 6) is 2.46. The Bertz CT molecular complexity index is 1460. The van der Waals surface area contributed by atoms with Gasteiger partial charge in [-0.15, -0.1) is 6.58 Å². The van der Waals surface area contributed by atoms with Gasteiger partial charge in [-0.05, 0) is 85.8 Å². The van der Waals surface area contributed by atoms with Crippen molar-refractivity contribution in [1.82, 2.24) is 10.3 Å². The third-order valence-electron chi connectivity index (χ3n) is 6.93. The highest BCUT2D eigenvalue weighted by molar-refractivity contribution is 7.49. The molecule has 8 heteroatoms. The summed E-state index contributed by atoms with van der Waals surface area (Å²) in [6.45, 7) is 5.84. The number of benzene rings is 3. The van der Waals surface area contributed by atoms with Crippen LogP contribution in [0.1, 0.15) is 18.4 Å². The zero-order chi connectivity index (χ0) is 27.8. The number of nitrogens with one attached hydrogen (secondary N) is 1. The molecule has 3 aromatic carbocycles. The van der Waals surface area contributed by atoms with Crippen LogP contribution in [-0.4, -0.2) is 25.2 Å². The Labute approximate surface area is 235 Å². The topological polar surface area (TPSA) is 78.9 Å². The average Bonchev–Trinajstić information content (AvgIpc) is 2.99. The molecule has 5 rings (SSSR count). The quantitative estimate of drug-likeness (QED) is 0.115. The smallest absolute Gasteiger partial charge is 0.497 e. The molecule has 0 aliphatic carbocycles. The van der Waals surface area contributed by atoms with E-state index < -0.39 is 7.82 Å². The van der Waals surface area contributed by atoms with Crippen molar-refractivity contribution in [2.75, 3.05) is 20.2 Å². The molecule has 4 aromatic rings. The molecular weight excluding hydrogens is 523 g/mol. The van der Waals surface area contributed by atoms with Gasteiger partial charge in [0.15, 0.2) is 0 Å². The number of phosphoric ester groups is 1. The van der Waals surface area contributed by atoms with Crippen LogP contribution in [0.25, 0.3) is 16.7 Å². The van der Waals surface area contributed by atoms with Gasteiger partial charge in [-0.2, -0.15) is 4.57 Å². The Kier molecular flexibility index (Phi) is 8.84. The Hall–Kier alpha value is -4.06. The summed E-state index contributed by atoms with van der Waals surface area (Å²) in [7, 11) is -2.61. The van der Waals surface area contributed by atoms with E-state index in [1.54, 1.807) is 61.8 Å². The third-order valence-corrected chi connectivity index (χ3v) is 8.22. The molecule has 0 bridgehead atoms. The highest BCUT2D eigenvalue weighted by Gasteiger charge is 2.35. The number of fused-ring (bicyclic) bond motifs is 1. The van der Waals surface area contributed by atoms with Gasteiger partial charge in [-0.3, -0.25) is 4.98 Å². The standard InChI is InChI=1S/C32H33N2O5P/c1-3-24-23-33-20-18-25(24)14-17-32(29-19-21-34-31-16-15-28(36-2)22-30(29)31)39-40(35,37-26-10-6-4-7-11-26)38-27-12-8-5-9-13-27/h3-13,15-17,19,21-22,24-25,33H,1,14,18,20,23H2,2H3/b32-17+. The number of phosphoric acid groups is 1. The summed E-state index contributed by atoms with van der Waals surface area (Å²) >= 11 is 0. The summed E-state index contributed by atoms with van der Waals surface area (Å²) in [5.41, 5.74) is 1.46. The first kappa shape index (κ1) is 27.5. The minimum absolute atomic E-state index is 0.313. The van der Waals surface area contributed by atoms with Crippen LogP contribution in [0.3, 0.4) is 0 Å². The van der Waals surface area contributed by atoms with E-state index in [4.69, 9.17) is 18.3 Å². The SMILES string of the molecule is C=CC1CNCCC1C/C=C(/OP(=O)(Oc1ccccc1)Oc1ccccc1)c1ccnc2ccc(OC)cc12. The van der Waals surface area contributed by atoms with E-state index in [-0.39, 0.29) is 0 Å². The fraction of sp³-hybridized carbons (Fsp3) is 0.219. The number of para-hydroxylation sites is 2. The summed E-state index contributed by atoms with van der Waals surface area (Å²) in [4.78, 5) is 4.52. The van der Waals surface area contributed by atoms with Gasteiger partial charge < -0.3 is 23.6 Å². The minimum atomic E-state index is -4.23. The Morgan fingerprint density at radius 1 is 1.00 bits per heavy atom. The summed E-state index contributed by atoms with van der Waals surface area (Å²) < 4.78 is 38.1. The summed E-state index contributed by atoms with van der Waals surface area (Å²) in [6.07, 6.45) is 7.37. The zero-order valence-electron chi connectivity index (χ0n) is 22.4. The predicted molar refractivity (Wildman–Crippen MR) is 158 cm³/mol. The fourth-order valence-electron chi connectivity index (χ4n) is 4.82. The van der Waals surface area contributed by atoms with Crippen LogP contribution < -0.4 is 19.1 Å². The molecule has 40 heavy (non-hydrogen) atoms. The molecule has 1 aromatic heterocycles. The lowest BCUT2D eigenvalue weighted by Crippen LogP contribution is -2.35. The van der Waals surface area contributed by atoms with Gasteiger partial charge >= 0.3 is 7.82 Å². The second-order valence-corrected chi connectivity index (χ2v) is 11.0. The van der Waals surface area contributed by atoms with Gasteiger partial charge in [0.1, 0.15) is 23.0 Å². The molecule has 2 heterocycles. The molecule has 1 aliphatic heterocycles. The second kappa shape index (κ2) is 12.9. The van der Waals surface area contributed by atoms with Gasteiger partial charge in [0, 0.05) is 23.7 Å². The van der Waals surface area contributed by atoms with E-state index in [1.807, 2.05) is 48.6 Å². The highest BCUT2D eigenvalue weighted by atomic mass is 31.2. The zero-order valence-corrected chi connectivity index (χ0v) is 23.3. The van der Waals surface area contributed by atoms with E-state index in [2.05, 4.69) is 16.9 Å². The summed E-state index contributed by atoms with van der Waals surface area (Å²) in [5, 5.41) is 4.23. The van der Waals surface area contributed by atoms with Crippen molar-refractivity contribution in [2.24, 2.45) is 11.8 Å². The van der Waals surface area contributed by atoms with Crippen LogP contribution >= 0.6 is 7.82 Å². The third kappa shape index (κ3) is 6.74. The van der Waals surface area contributed by atoms with Crippen molar-refractivity contribution in [1.29, 1.82) is 0 Å². The molecule has 1 aliphatic rings. The van der Waals surface area contributed by atoms with Gasteiger partial charge in [-0.25, -0.2) is 0 Å². The first-order chi connectivity index (χ1) is 19.6. The van der Waals surface area contributed by atoms with Gasteiger partial charge in [0.05, 0.1) is 12.6 Å². The Morgan fingerprint density at radius 3 is 2.35 bits per heavy atom. The van der Waals surface area contributed by atoms with Crippen LogP contribution in [0.15, 0.2) is 110 Å². The number of aromatic nitrogens is 1. The normalized spacial score (nSPS) is 17.7. The van der Waals surface area contributed by atoms with Gasteiger partial charge in [-0.1, -0.05) is 42.5 Å². The molecule has 0 saturated carbocycles. The number of pyridine rings is 1. The van der Waals surface area contributed by atoms with Crippen LogP contribution in [-0.2, 0) is 9.09 Å². The molecule has 1 saturated heterocycles. The molecule has 2 atom stereocenters. The molecular formula is C32H33N2O5P. The minimum Gasteiger partial charge on any atom is -0.497 e. The van der Waals surface area contributed by atoms with Crippen LogP contribution in [0.5, 0.6) is 17.2 Å². The van der Waals surface area contributed by atoms with E-state index >= 15 is 0 Å². The van der Waals surface area contributed by atoms with E-state index in [1.165, 1.54) is 0 Å². The van der Waals surface area contributed by atoms with E-state index in [9.17, 15) is 4.57 Å².